The van der Waals surface area contributed by atoms with E-state index in [0.717, 1.165) is 14.2 Å². The summed E-state index contributed by atoms with van der Waals surface area (Å²) in [7, 11) is 7.91. The highest BCUT2D eigenvalue weighted by atomic mass is 32.2. The molecule has 268 valence electrons. The fourth-order valence-electron chi connectivity index (χ4n) is 4.17. The zero-order valence-electron chi connectivity index (χ0n) is 29.4. The van der Waals surface area contributed by atoms with Crippen LogP contribution in [0, 0.1) is 0 Å². The molecule has 20 heteroatoms. The standard InChI is InChI=1S/C30H40N12O6S2/c1-39(2)27-33-25(34-28(37-27)40(3)4)31-21-15-13-19(23(17-21)49(43,44)47-9)11-12-20-14-16-22(18-24(20)50(45,46)48-10)32-26-35-29(41(5)6)38-30(36-26)42(7)8/h11-18H,1-10H3,(H,31,33,34,37)(H,32,35,36,38)/b12-11+. The Morgan fingerprint density at radius 3 is 1.08 bits per heavy atom. The second-order valence-electron chi connectivity index (χ2n) is 11.4. The first-order chi connectivity index (χ1) is 23.4. The van der Waals surface area contributed by atoms with Gasteiger partial charge in [-0.1, -0.05) is 24.3 Å². The summed E-state index contributed by atoms with van der Waals surface area (Å²) in [4.78, 5) is 32.8. The molecule has 0 amide bonds. The molecule has 0 spiro atoms. The van der Waals surface area contributed by atoms with E-state index in [4.69, 9.17) is 8.37 Å². The number of anilines is 8. The van der Waals surface area contributed by atoms with Crippen LogP contribution in [0.5, 0.6) is 0 Å². The van der Waals surface area contributed by atoms with E-state index in [1.54, 1.807) is 88.1 Å². The zero-order valence-corrected chi connectivity index (χ0v) is 31.0. The molecule has 0 unspecified atom stereocenters. The van der Waals surface area contributed by atoms with E-state index in [2.05, 4.69) is 40.5 Å². The molecule has 50 heavy (non-hydrogen) atoms. The van der Waals surface area contributed by atoms with Crippen molar-refractivity contribution in [2.75, 3.05) is 101 Å². The molecule has 2 aromatic carbocycles. The monoisotopic (exact) mass is 728 g/mol. The lowest BCUT2D eigenvalue weighted by Gasteiger charge is -2.17. The van der Waals surface area contributed by atoms with Crippen molar-refractivity contribution in [2.24, 2.45) is 0 Å². The van der Waals surface area contributed by atoms with Gasteiger partial charge in [-0.25, -0.2) is 0 Å². The van der Waals surface area contributed by atoms with Crippen molar-refractivity contribution in [3.63, 3.8) is 0 Å². The Kier molecular flexibility index (Phi) is 11.4. The minimum absolute atomic E-state index is 0.186. The molecular weight excluding hydrogens is 689 g/mol. The average Bonchev–Trinajstić information content (AvgIpc) is 3.07. The van der Waals surface area contributed by atoms with Crippen LogP contribution in [-0.2, 0) is 28.6 Å². The Morgan fingerprint density at radius 1 is 0.520 bits per heavy atom. The normalized spacial score (nSPS) is 11.8. The largest absolute Gasteiger partial charge is 0.347 e. The molecule has 0 atom stereocenters. The number of nitrogens with zero attached hydrogens (tertiary/aromatic N) is 10. The molecule has 0 saturated carbocycles. The molecule has 2 aromatic heterocycles. The summed E-state index contributed by atoms with van der Waals surface area (Å²) >= 11 is 0. The van der Waals surface area contributed by atoms with Gasteiger partial charge in [0.05, 0.1) is 14.2 Å². The summed E-state index contributed by atoms with van der Waals surface area (Å²) in [6, 6.07) is 9.06. The van der Waals surface area contributed by atoms with Crippen LogP contribution in [0.4, 0.5) is 47.1 Å². The first-order valence-corrected chi connectivity index (χ1v) is 17.6. The van der Waals surface area contributed by atoms with Gasteiger partial charge in [-0.2, -0.15) is 46.7 Å². The van der Waals surface area contributed by atoms with E-state index < -0.39 is 20.2 Å². The lowest BCUT2D eigenvalue weighted by molar-refractivity contribution is 0.396. The third-order valence-corrected chi connectivity index (χ3v) is 9.45. The van der Waals surface area contributed by atoms with Crippen LogP contribution in [0.3, 0.4) is 0 Å². The van der Waals surface area contributed by atoms with E-state index in [1.807, 2.05) is 0 Å². The van der Waals surface area contributed by atoms with Crippen LogP contribution < -0.4 is 30.2 Å². The van der Waals surface area contributed by atoms with Crippen molar-refractivity contribution in [3.8, 4) is 0 Å². The topological polar surface area (TPSA) is 201 Å². The summed E-state index contributed by atoms with van der Waals surface area (Å²) in [5, 5.41) is 6.06. The Labute approximate surface area is 292 Å². The third kappa shape index (κ3) is 8.88. The molecule has 0 aliphatic carbocycles. The smallest absolute Gasteiger partial charge is 0.297 e. The lowest BCUT2D eigenvalue weighted by atomic mass is 10.1. The number of nitrogens with one attached hydrogen (secondary N) is 2. The summed E-state index contributed by atoms with van der Waals surface area (Å²) in [5.41, 5.74) is 1.14. The first kappa shape index (κ1) is 37.6. The second-order valence-corrected chi connectivity index (χ2v) is 14.8. The molecule has 2 heterocycles. The third-order valence-electron chi connectivity index (χ3n) is 6.78. The predicted molar refractivity (Wildman–Crippen MR) is 194 cm³/mol. The molecule has 0 aliphatic heterocycles. The molecule has 4 rings (SSSR count). The highest BCUT2D eigenvalue weighted by molar-refractivity contribution is 7.87. The summed E-state index contributed by atoms with van der Waals surface area (Å²) < 4.78 is 61.9. The van der Waals surface area contributed by atoms with Gasteiger partial charge in [-0.3, -0.25) is 8.37 Å². The maximum Gasteiger partial charge on any atom is 0.297 e. The highest BCUT2D eigenvalue weighted by Gasteiger charge is 2.21. The maximum atomic E-state index is 13.1. The van der Waals surface area contributed by atoms with Crippen molar-refractivity contribution in [1.29, 1.82) is 0 Å². The molecular formula is C30H40N12O6S2. The molecule has 18 nitrogen and oxygen atoms in total. The lowest BCUT2D eigenvalue weighted by Crippen LogP contribution is -2.19. The van der Waals surface area contributed by atoms with Crippen LogP contribution in [0.15, 0.2) is 46.2 Å². The number of aromatic nitrogens is 6. The quantitative estimate of drug-likeness (QED) is 0.142. The zero-order chi connectivity index (χ0) is 37.0. The van der Waals surface area contributed by atoms with Crippen molar-refractivity contribution < 1.29 is 25.2 Å². The van der Waals surface area contributed by atoms with E-state index in [-0.39, 0.29) is 32.8 Å². The molecule has 0 aliphatic rings. The summed E-state index contributed by atoms with van der Waals surface area (Å²) in [6.07, 6.45) is 2.92. The predicted octanol–water partition coefficient (Wildman–Crippen LogP) is 2.65. The van der Waals surface area contributed by atoms with Gasteiger partial charge in [0.15, 0.2) is 0 Å². The van der Waals surface area contributed by atoms with Gasteiger partial charge in [-0.05, 0) is 35.4 Å². The molecule has 0 saturated heterocycles. The molecule has 0 bridgehead atoms. The Hall–Kier alpha value is -5.18. The fraction of sp³-hybridized carbons (Fsp3) is 0.333. The van der Waals surface area contributed by atoms with Crippen LogP contribution in [0.25, 0.3) is 12.2 Å². The molecule has 4 aromatic rings. The Morgan fingerprint density at radius 2 is 0.820 bits per heavy atom. The van der Waals surface area contributed by atoms with Gasteiger partial charge >= 0.3 is 0 Å². The van der Waals surface area contributed by atoms with Gasteiger partial charge in [0.25, 0.3) is 20.2 Å². The highest BCUT2D eigenvalue weighted by Crippen LogP contribution is 2.29. The van der Waals surface area contributed by atoms with Crippen molar-refractivity contribution in [2.45, 2.75) is 9.79 Å². The van der Waals surface area contributed by atoms with Crippen LogP contribution in [0.2, 0.25) is 0 Å². The maximum absolute atomic E-state index is 13.1. The minimum atomic E-state index is -4.23. The van der Waals surface area contributed by atoms with Gasteiger partial charge in [0, 0.05) is 67.8 Å². The second kappa shape index (κ2) is 15.2. The van der Waals surface area contributed by atoms with Gasteiger partial charge in [0.2, 0.25) is 35.7 Å². The SMILES string of the molecule is COS(=O)(=O)c1cc(Nc2nc(N(C)C)nc(N(C)C)n2)ccc1/C=C/c1ccc(Nc2nc(N(C)C)nc(N(C)C)n2)cc1S(=O)(=O)OC. The average molecular weight is 729 g/mol. The van der Waals surface area contributed by atoms with Gasteiger partial charge in [-0.15, -0.1) is 0 Å². The van der Waals surface area contributed by atoms with E-state index in [9.17, 15) is 16.8 Å². The Bertz CT molecular complexity index is 1910. The van der Waals surface area contributed by atoms with Crippen LogP contribution >= 0.6 is 0 Å². The van der Waals surface area contributed by atoms with Gasteiger partial charge in [0.1, 0.15) is 9.79 Å². The fourth-order valence-corrected chi connectivity index (χ4v) is 5.92. The van der Waals surface area contributed by atoms with E-state index in [1.165, 1.54) is 36.4 Å². The van der Waals surface area contributed by atoms with Crippen molar-refractivity contribution >= 4 is 79.5 Å². The van der Waals surface area contributed by atoms with E-state index in [0.29, 0.717) is 35.2 Å². The van der Waals surface area contributed by atoms with Crippen molar-refractivity contribution in [3.05, 3.63) is 47.5 Å². The molecule has 0 radical (unpaired) electrons. The van der Waals surface area contributed by atoms with Gasteiger partial charge < -0.3 is 30.2 Å². The minimum Gasteiger partial charge on any atom is -0.347 e. The van der Waals surface area contributed by atoms with Crippen LogP contribution in [-0.4, -0.2) is 117 Å². The molecule has 2 N–H and O–H groups in total. The number of hydrogen-bond acceptors (Lipinski definition) is 18. The van der Waals surface area contributed by atoms with Crippen LogP contribution in [0.1, 0.15) is 11.1 Å². The Balaban J connectivity index is 1.74. The number of hydrogen-bond donors (Lipinski definition) is 2. The van der Waals surface area contributed by atoms with Crippen molar-refractivity contribution in [1.82, 2.24) is 29.9 Å². The number of rotatable bonds is 14. The van der Waals surface area contributed by atoms with E-state index >= 15 is 0 Å². The first-order valence-electron chi connectivity index (χ1n) is 14.8. The number of benzene rings is 2. The molecule has 0 fully saturated rings. The summed E-state index contributed by atoms with van der Waals surface area (Å²) in [6.45, 7) is 0. The summed E-state index contributed by atoms with van der Waals surface area (Å²) in [5.74, 6) is 1.94.